The maximum atomic E-state index is 13.6. The number of carbonyl (C=O) groups is 1. The molecule has 1 aromatic carbocycles. The van der Waals surface area contributed by atoms with Crippen molar-refractivity contribution in [1.29, 1.82) is 0 Å². The number of amides is 1. The Morgan fingerprint density at radius 2 is 2.09 bits per heavy atom. The van der Waals surface area contributed by atoms with E-state index in [1.807, 2.05) is 6.92 Å². The topological polar surface area (TPSA) is 51.5 Å². The van der Waals surface area contributed by atoms with Crippen molar-refractivity contribution >= 4 is 28.7 Å². The number of hydrogen-bond acceptors (Lipinski definition) is 3. The highest BCUT2D eigenvalue weighted by Crippen LogP contribution is 2.28. The number of fused-ring (bicyclic) bond motifs is 1. The van der Waals surface area contributed by atoms with Gasteiger partial charge in [-0.15, -0.1) is 0 Å². The molecule has 2 aromatic rings. The van der Waals surface area contributed by atoms with Crippen molar-refractivity contribution in [3.05, 3.63) is 34.8 Å². The van der Waals surface area contributed by atoms with E-state index in [4.69, 9.17) is 20.8 Å². The maximum Gasteiger partial charge on any atom is 0.407 e. The number of ether oxygens (including phenoxy) is 1. The van der Waals surface area contributed by atoms with Gasteiger partial charge in [0.15, 0.2) is 5.22 Å². The van der Waals surface area contributed by atoms with E-state index in [0.717, 1.165) is 0 Å². The van der Waals surface area contributed by atoms with Crippen LogP contribution in [0.25, 0.3) is 11.0 Å². The maximum absolute atomic E-state index is 13.6. The molecule has 1 N–H and O–H groups in total. The first-order chi connectivity index (χ1) is 10.1. The number of nitrogens with one attached hydrogen (secondary N) is 1. The van der Waals surface area contributed by atoms with Gasteiger partial charge in [-0.25, -0.2) is 9.18 Å². The zero-order valence-electron chi connectivity index (χ0n) is 13.0. The fraction of sp³-hybridized carbons (Fsp3) is 0.438. The molecule has 0 saturated carbocycles. The molecule has 4 nitrogen and oxygen atoms in total. The predicted octanol–water partition coefficient (Wildman–Crippen LogP) is 4.68. The van der Waals surface area contributed by atoms with Gasteiger partial charge in [-0.3, -0.25) is 0 Å². The summed E-state index contributed by atoms with van der Waals surface area (Å²) in [4.78, 5) is 11.7. The third kappa shape index (κ3) is 4.37. The number of carbonyl (C=O) groups excluding carboxylic acids is 1. The molecule has 1 heterocycles. The van der Waals surface area contributed by atoms with Gasteiger partial charge in [0.05, 0.1) is 0 Å². The van der Waals surface area contributed by atoms with Crippen LogP contribution in [0.1, 0.15) is 33.3 Å². The number of halogens is 2. The molecule has 1 amide bonds. The van der Waals surface area contributed by atoms with Gasteiger partial charge in [0, 0.05) is 23.1 Å². The molecule has 0 radical (unpaired) electrons. The van der Waals surface area contributed by atoms with E-state index in [1.165, 1.54) is 12.1 Å². The first-order valence-corrected chi connectivity index (χ1v) is 7.39. The van der Waals surface area contributed by atoms with E-state index in [-0.39, 0.29) is 17.1 Å². The quantitative estimate of drug-likeness (QED) is 0.890. The predicted molar refractivity (Wildman–Crippen MR) is 83.7 cm³/mol. The Morgan fingerprint density at radius 1 is 1.41 bits per heavy atom. The number of hydrogen-bond donors (Lipinski definition) is 1. The highest BCUT2D eigenvalue weighted by Gasteiger charge is 2.19. The second kappa shape index (κ2) is 6.16. The summed E-state index contributed by atoms with van der Waals surface area (Å²) < 4.78 is 24.2. The average Bonchev–Trinajstić information content (AvgIpc) is 2.66. The summed E-state index contributed by atoms with van der Waals surface area (Å²) >= 11 is 5.82. The van der Waals surface area contributed by atoms with Gasteiger partial charge in [-0.05, 0) is 57.8 Å². The van der Waals surface area contributed by atoms with Crippen molar-refractivity contribution < 1.29 is 18.3 Å². The van der Waals surface area contributed by atoms with Crippen molar-refractivity contribution in [2.24, 2.45) is 0 Å². The molecule has 2 rings (SSSR count). The third-order valence-corrected chi connectivity index (χ3v) is 3.10. The lowest BCUT2D eigenvalue weighted by Gasteiger charge is -2.22. The molecule has 1 aromatic heterocycles. The van der Waals surface area contributed by atoms with E-state index in [1.54, 1.807) is 26.8 Å². The largest absolute Gasteiger partial charge is 0.444 e. The first kappa shape index (κ1) is 16.6. The number of alkyl carbamates (subject to hydrolysis) is 1. The monoisotopic (exact) mass is 327 g/mol. The van der Waals surface area contributed by atoms with Gasteiger partial charge < -0.3 is 14.5 Å². The number of furan rings is 1. The normalized spacial score (nSPS) is 13.2. The van der Waals surface area contributed by atoms with Crippen LogP contribution in [0.3, 0.4) is 0 Å². The van der Waals surface area contributed by atoms with E-state index in [9.17, 15) is 9.18 Å². The third-order valence-electron chi connectivity index (χ3n) is 2.92. The lowest BCUT2D eigenvalue weighted by atomic mass is 10.0. The van der Waals surface area contributed by atoms with Crippen molar-refractivity contribution in [1.82, 2.24) is 5.32 Å². The molecular formula is C16H19ClFNO3. The van der Waals surface area contributed by atoms with Gasteiger partial charge in [0.2, 0.25) is 0 Å². The molecule has 1 atom stereocenters. The fourth-order valence-electron chi connectivity index (χ4n) is 2.20. The molecule has 0 aliphatic carbocycles. The van der Waals surface area contributed by atoms with Crippen molar-refractivity contribution in [2.45, 2.75) is 45.8 Å². The van der Waals surface area contributed by atoms with E-state index >= 15 is 0 Å². The Hall–Kier alpha value is -1.75. The van der Waals surface area contributed by atoms with Crippen LogP contribution in [0.4, 0.5) is 9.18 Å². The second-order valence-electron chi connectivity index (χ2n) is 6.29. The van der Waals surface area contributed by atoms with Crippen molar-refractivity contribution in [2.75, 3.05) is 0 Å². The molecule has 0 saturated heterocycles. The Labute approximate surface area is 133 Å². The minimum atomic E-state index is -0.565. The molecule has 120 valence electrons. The summed E-state index contributed by atoms with van der Waals surface area (Å²) in [5.41, 5.74) is 0.611. The first-order valence-electron chi connectivity index (χ1n) is 7.01. The molecule has 1 unspecified atom stereocenters. The molecule has 22 heavy (non-hydrogen) atoms. The molecular weight excluding hydrogens is 309 g/mol. The summed E-state index contributed by atoms with van der Waals surface area (Å²) in [7, 11) is 0. The van der Waals surface area contributed by atoms with Crippen LogP contribution in [0.5, 0.6) is 0 Å². The average molecular weight is 328 g/mol. The second-order valence-corrected chi connectivity index (χ2v) is 6.66. The van der Waals surface area contributed by atoms with E-state index in [0.29, 0.717) is 23.0 Å². The van der Waals surface area contributed by atoms with E-state index < -0.39 is 11.7 Å². The Morgan fingerprint density at radius 3 is 2.73 bits per heavy atom. The van der Waals surface area contributed by atoms with Crippen LogP contribution in [0, 0.1) is 5.82 Å². The summed E-state index contributed by atoms with van der Waals surface area (Å²) in [5, 5.41) is 3.52. The van der Waals surface area contributed by atoms with Crippen LogP contribution in [-0.4, -0.2) is 17.7 Å². The zero-order chi connectivity index (χ0) is 16.5. The minimum absolute atomic E-state index is 0.203. The van der Waals surface area contributed by atoms with Crippen molar-refractivity contribution in [3.8, 4) is 0 Å². The summed E-state index contributed by atoms with van der Waals surface area (Å²) in [6.07, 6.45) is -0.109. The lowest BCUT2D eigenvalue weighted by Crippen LogP contribution is -2.38. The molecule has 0 bridgehead atoms. The van der Waals surface area contributed by atoms with Crippen LogP contribution in [0.15, 0.2) is 22.6 Å². The lowest BCUT2D eigenvalue weighted by molar-refractivity contribution is 0.0508. The van der Waals surface area contributed by atoms with Crippen LogP contribution < -0.4 is 5.32 Å². The summed E-state index contributed by atoms with van der Waals surface area (Å²) in [6.45, 7) is 7.18. The smallest absolute Gasteiger partial charge is 0.407 e. The van der Waals surface area contributed by atoms with Gasteiger partial charge in [-0.1, -0.05) is 0 Å². The highest BCUT2D eigenvalue weighted by atomic mass is 35.5. The Balaban J connectivity index is 2.11. The van der Waals surface area contributed by atoms with Crippen LogP contribution >= 0.6 is 11.6 Å². The standard InChI is InChI=1S/C16H19ClFNO3/c1-9(19-15(20)22-16(2,3)4)5-10-6-12(18)7-11-8-13(17)21-14(10)11/h6-9H,5H2,1-4H3,(H,19,20). The van der Waals surface area contributed by atoms with Gasteiger partial charge in [-0.2, -0.15) is 0 Å². The molecule has 6 heteroatoms. The summed E-state index contributed by atoms with van der Waals surface area (Å²) in [5.74, 6) is -0.371. The van der Waals surface area contributed by atoms with Gasteiger partial charge in [0.1, 0.15) is 17.0 Å². The van der Waals surface area contributed by atoms with E-state index in [2.05, 4.69) is 5.32 Å². The Kier molecular flexibility index (Phi) is 4.66. The molecule has 0 aliphatic rings. The van der Waals surface area contributed by atoms with Gasteiger partial charge >= 0.3 is 6.09 Å². The fourth-order valence-corrected chi connectivity index (χ4v) is 2.39. The zero-order valence-corrected chi connectivity index (χ0v) is 13.8. The summed E-state index contributed by atoms with van der Waals surface area (Å²) in [6, 6.07) is 4.06. The van der Waals surface area contributed by atoms with Crippen molar-refractivity contribution in [3.63, 3.8) is 0 Å². The minimum Gasteiger partial charge on any atom is -0.444 e. The van der Waals surface area contributed by atoms with Crippen LogP contribution in [0.2, 0.25) is 5.22 Å². The molecule has 0 spiro atoms. The van der Waals surface area contributed by atoms with Crippen LogP contribution in [-0.2, 0) is 11.2 Å². The highest BCUT2D eigenvalue weighted by molar-refractivity contribution is 6.29. The molecule has 0 fully saturated rings. The number of benzene rings is 1. The van der Waals surface area contributed by atoms with Gasteiger partial charge in [0.25, 0.3) is 0 Å². The Bertz CT molecular complexity index is 690. The number of rotatable bonds is 3. The SMILES string of the molecule is CC(Cc1cc(F)cc2cc(Cl)oc12)NC(=O)OC(C)(C)C. The molecule has 0 aliphatic heterocycles.